The van der Waals surface area contributed by atoms with Crippen molar-refractivity contribution in [3.05, 3.63) is 0 Å². The standard InChI is InChI=1S/C5H12.2CHNO/c1-5(2,3)4;2*2-1-3/h1-4H3;2*2H. The zero-order chi connectivity index (χ0) is 9.91. The van der Waals surface area contributed by atoms with E-state index in [-0.39, 0.29) is 0 Å². The van der Waals surface area contributed by atoms with Crippen LogP contribution in [0.25, 0.3) is 0 Å². The molecule has 4 nitrogen and oxygen atoms in total. The van der Waals surface area contributed by atoms with Crippen LogP contribution in [0.4, 0.5) is 0 Å². The summed E-state index contributed by atoms with van der Waals surface area (Å²) in [5.41, 5.74) is 0.500. The molecule has 0 amide bonds. The van der Waals surface area contributed by atoms with Gasteiger partial charge in [-0.05, 0) is 5.41 Å². The van der Waals surface area contributed by atoms with Crippen LogP contribution in [-0.4, -0.2) is 12.2 Å². The molecule has 0 aromatic carbocycles. The highest BCUT2D eigenvalue weighted by molar-refractivity contribution is 5.26. The highest BCUT2D eigenvalue weighted by Gasteiger charge is 1.95. The highest BCUT2D eigenvalue weighted by atomic mass is 16.1. The lowest BCUT2D eigenvalue weighted by Crippen LogP contribution is -1.93. The zero-order valence-corrected chi connectivity index (χ0v) is 7.32. The first-order valence-electron chi connectivity index (χ1n) is 2.91. The first-order valence-corrected chi connectivity index (χ1v) is 2.91. The molecule has 0 aromatic heterocycles. The summed E-state index contributed by atoms with van der Waals surface area (Å²) in [7, 11) is 0. The van der Waals surface area contributed by atoms with Crippen LogP contribution in [0.2, 0.25) is 0 Å². The number of hydrogen-bond donors (Lipinski definition) is 2. The molecule has 0 unspecified atom stereocenters. The maximum absolute atomic E-state index is 8.35. The minimum Gasteiger partial charge on any atom is -0.222 e. The normalized spacial score (nSPS) is 6.91. The van der Waals surface area contributed by atoms with Crippen LogP contribution in [0.3, 0.4) is 0 Å². The summed E-state index contributed by atoms with van der Waals surface area (Å²) in [4.78, 5) is 16.7. The van der Waals surface area contributed by atoms with Crippen LogP contribution in [0.5, 0.6) is 0 Å². The maximum atomic E-state index is 8.35. The monoisotopic (exact) mass is 158 g/mol. The van der Waals surface area contributed by atoms with E-state index in [9.17, 15) is 0 Å². The van der Waals surface area contributed by atoms with Crippen molar-refractivity contribution in [2.24, 2.45) is 5.41 Å². The van der Waals surface area contributed by atoms with E-state index in [1.54, 1.807) is 0 Å². The van der Waals surface area contributed by atoms with Gasteiger partial charge in [-0.15, -0.1) is 0 Å². The lowest BCUT2D eigenvalue weighted by atomic mass is 10.0. The molecule has 11 heavy (non-hydrogen) atoms. The summed E-state index contributed by atoms with van der Waals surface area (Å²) in [6, 6.07) is 0. The highest BCUT2D eigenvalue weighted by Crippen LogP contribution is 2.07. The van der Waals surface area contributed by atoms with Crippen molar-refractivity contribution in [3.8, 4) is 0 Å². The minimum absolute atomic E-state index is 0.500. The molecule has 0 radical (unpaired) electrons. The summed E-state index contributed by atoms with van der Waals surface area (Å²) in [6.45, 7) is 8.75. The van der Waals surface area contributed by atoms with Crippen molar-refractivity contribution < 1.29 is 9.59 Å². The molecule has 0 rings (SSSR count). The van der Waals surface area contributed by atoms with Crippen LogP contribution in [0.1, 0.15) is 27.7 Å². The SMILES string of the molecule is CC(C)(C)C.N=C=O.N=C=O. The number of hydrogen-bond acceptors (Lipinski definition) is 4. The van der Waals surface area contributed by atoms with Crippen molar-refractivity contribution >= 4 is 12.2 Å². The largest absolute Gasteiger partial charge is 0.231 e. The molecule has 0 heterocycles. The fourth-order valence-corrected chi connectivity index (χ4v) is 0. The van der Waals surface area contributed by atoms with Gasteiger partial charge in [-0.1, -0.05) is 27.7 Å². The van der Waals surface area contributed by atoms with Gasteiger partial charge in [0.25, 0.3) is 0 Å². The third-order valence-corrected chi connectivity index (χ3v) is 0. The third-order valence-electron chi connectivity index (χ3n) is 0. The first kappa shape index (κ1) is 16.4. The summed E-state index contributed by atoms with van der Waals surface area (Å²) < 4.78 is 0. The van der Waals surface area contributed by atoms with E-state index >= 15 is 0 Å². The second-order valence-corrected chi connectivity index (χ2v) is 3.20. The number of isocyanates is 2. The van der Waals surface area contributed by atoms with Crippen molar-refractivity contribution in [2.75, 3.05) is 0 Å². The molecule has 64 valence electrons. The lowest BCUT2D eigenvalue weighted by molar-refractivity contribution is 0.469. The van der Waals surface area contributed by atoms with Crippen LogP contribution in [-0.2, 0) is 9.59 Å². The van der Waals surface area contributed by atoms with Gasteiger partial charge in [0.1, 0.15) is 0 Å². The van der Waals surface area contributed by atoms with Gasteiger partial charge in [-0.2, -0.15) is 0 Å². The Kier molecular flexibility index (Phi) is 17.2. The van der Waals surface area contributed by atoms with Crippen LogP contribution < -0.4 is 0 Å². The van der Waals surface area contributed by atoms with Gasteiger partial charge in [0.2, 0.25) is 12.2 Å². The predicted molar refractivity (Wildman–Crippen MR) is 42.0 cm³/mol. The van der Waals surface area contributed by atoms with E-state index in [1.807, 2.05) is 0 Å². The van der Waals surface area contributed by atoms with Gasteiger partial charge >= 0.3 is 0 Å². The van der Waals surface area contributed by atoms with Crippen LogP contribution in [0.15, 0.2) is 0 Å². The van der Waals surface area contributed by atoms with Gasteiger partial charge in [0, 0.05) is 0 Å². The van der Waals surface area contributed by atoms with E-state index in [0.29, 0.717) is 5.41 Å². The van der Waals surface area contributed by atoms with E-state index in [2.05, 4.69) is 27.7 Å². The Labute approximate surface area is 66.6 Å². The molecular weight excluding hydrogens is 144 g/mol. The summed E-state index contributed by atoms with van der Waals surface area (Å²) >= 11 is 0. The number of nitrogens with one attached hydrogen (secondary N) is 2. The Morgan fingerprint density at radius 3 is 0.909 bits per heavy atom. The Morgan fingerprint density at radius 2 is 0.909 bits per heavy atom. The summed E-state index contributed by atoms with van der Waals surface area (Å²) in [6.07, 6.45) is 1.50. The van der Waals surface area contributed by atoms with Gasteiger partial charge in [-0.25, -0.2) is 20.4 Å². The van der Waals surface area contributed by atoms with Gasteiger partial charge in [0.05, 0.1) is 0 Å². The summed E-state index contributed by atoms with van der Waals surface area (Å²) in [5.74, 6) is 0. The van der Waals surface area contributed by atoms with Crippen molar-refractivity contribution in [2.45, 2.75) is 27.7 Å². The molecule has 2 N–H and O–H groups in total. The van der Waals surface area contributed by atoms with Gasteiger partial charge in [-0.3, -0.25) is 0 Å². The average molecular weight is 158 g/mol. The minimum atomic E-state index is 0.500. The molecule has 0 atom stereocenters. The smallest absolute Gasteiger partial charge is 0.222 e. The topological polar surface area (TPSA) is 81.8 Å². The van der Waals surface area contributed by atoms with E-state index in [0.717, 1.165) is 12.2 Å². The molecule has 0 spiro atoms. The Hall–Kier alpha value is -1.24. The second kappa shape index (κ2) is 11.5. The fraction of sp³-hybridized carbons (Fsp3) is 0.714. The number of carbonyl (C=O) groups excluding carboxylic acids is 2. The molecule has 0 aliphatic rings. The van der Waals surface area contributed by atoms with E-state index in [4.69, 9.17) is 20.4 Å². The molecule has 0 fully saturated rings. The lowest BCUT2D eigenvalue weighted by Gasteiger charge is -2.05. The quantitative estimate of drug-likeness (QED) is 0.416. The molecule has 0 aromatic rings. The fourth-order valence-electron chi connectivity index (χ4n) is 0. The Morgan fingerprint density at radius 1 is 0.909 bits per heavy atom. The second-order valence-electron chi connectivity index (χ2n) is 3.20. The Bertz CT molecular complexity index is 117. The van der Waals surface area contributed by atoms with Crippen molar-refractivity contribution in [1.82, 2.24) is 0 Å². The third kappa shape index (κ3) is 260. The molecule has 0 saturated carbocycles. The molecule has 0 bridgehead atoms. The molecular formula is C7H14N2O2. The van der Waals surface area contributed by atoms with E-state index < -0.39 is 0 Å². The maximum Gasteiger partial charge on any atom is 0.231 e. The molecule has 0 aliphatic heterocycles. The average Bonchev–Trinajstić information content (AvgIpc) is 1.62. The first-order chi connectivity index (χ1) is 4.83. The molecule has 0 saturated heterocycles. The van der Waals surface area contributed by atoms with Gasteiger partial charge in [0.15, 0.2) is 0 Å². The predicted octanol–water partition coefficient (Wildman–Crippen LogP) is 1.85. The van der Waals surface area contributed by atoms with Crippen molar-refractivity contribution in [1.29, 1.82) is 10.8 Å². The van der Waals surface area contributed by atoms with Gasteiger partial charge < -0.3 is 0 Å². The van der Waals surface area contributed by atoms with E-state index in [1.165, 1.54) is 0 Å². The number of rotatable bonds is 0. The van der Waals surface area contributed by atoms with Crippen molar-refractivity contribution in [3.63, 3.8) is 0 Å². The molecule has 0 aliphatic carbocycles. The molecule has 4 heteroatoms. The zero-order valence-electron chi connectivity index (χ0n) is 7.32. The van der Waals surface area contributed by atoms with Crippen LogP contribution in [0, 0.1) is 16.2 Å². The Balaban J connectivity index is -0.0000000933. The van der Waals surface area contributed by atoms with Crippen LogP contribution >= 0.6 is 0 Å². The summed E-state index contributed by atoms with van der Waals surface area (Å²) in [5, 5.41) is 10.8.